The van der Waals surface area contributed by atoms with E-state index in [4.69, 9.17) is 11.1 Å². The first-order valence-corrected chi connectivity index (χ1v) is 9.37. The Labute approximate surface area is 149 Å². The van der Waals surface area contributed by atoms with Crippen LogP contribution < -0.4 is 16.6 Å². The van der Waals surface area contributed by atoms with Gasteiger partial charge in [-0.3, -0.25) is 20.3 Å². The molecule has 1 atom stereocenters. The first kappa shape index (κ1) is 19.7. The van der Waals surface area contributed by atoms with Crippen molar-refractivity contribution >= 4 is 11.8 Å². The molecular formula is C18H30N4O3. The summed E-state index contributed by atoms with van der Waals surface area (Å²) in [5.41, 5.74) is 1.70. The van der Waals surface area contributed by atoms with Crippen molar-refractivity contribution in [1.29, 1.82) is 5.26 Å². The quantitative estimate of drug-likeness (QED) is 0.106. The minimum atomic E-state index is -0.318. The van der Waals surface area contributed by atoms with Crippen molar-refractivity contribution in [2.24, 2.45) is 16.7 Å². The third kappa shape index (κ3) is 5.41. The first-order valence-electron chi connectivity index (χ1n) is 9.37. The summed E-state index contributed by atoms with van der Waals surface area (Å²) in [6, 6.07) is 0. The number of nitrogens with zero attached hydrogens (tertiary/aromatic N) is 1. The van der Waals surface area contributed by atoms with E-state index in [2.05, 4.69) is 10.7 Å². The van der Waals surface area contributed by atoms with E-state index in [0.29, 0.717) is 0 Å². The van der Waals surface area contributed by atoms with E-state index in [1.807, 2.05) is 0 Å². The van der Waals surface area contributed by atoms with Gasteiger partial charge in [0, 0.05) is 0 Å². The van der Waals surface area contributed by atoms with Gasteiger partial charge in [0.25, 0.3) is 0 Å². The van der Waals surface area contributed by atoms with Crippen LogP contribution in [0.1, 0.15) is 77.0 Å². The molecule has 5 N–H and O–H groups in total. The Bertz CT molecular complexity index is 521. The second-order valence-corrected chi connectivity index (χ2v) is 7.75. The van der Waals surface area contributed by atoms with Gasteiger partial charge in [0.15, 0.2) is 6.19 Å². The molecular weight excluding hydrogens is 320 g/mol. The third-order valence-corrected chi connectivity index (χ3v) is 5.86. The summed E-state index contributed by atoms with van der Waals surface area (Å²) in [6.45, 7) is 0. The molecule has 0 bridgehead atoms. The van der Waals surface area contributed by atoms with Crippen molar-refractivity contribution in [3.63, 3.8) is 0 Å². The van der Waals surface area contributed by atoms with Crippen LogP contribution in [0.25, 0.3) is 0 Å². The zero-order chi connectivity index (χ0) is 18.3. The molecule has 2 amide bonds. The van der Waals surface area contributed by atoms with Gasteiger partial charge in [-0.25, -0.2) is 5.84 Å². The topological polar surface area (TPSA) is 128 Å². The van der Waals surface area contributed by atoms with E-state index < -0.39 is 0 Å². The van der Waals surface area contributed by atoms with E-state index in [-0.39, 0.29) is 28.7 Å². The molecule has 7 heteroatoms. The summed E-state index contributed by atoms with van der Waals surface area (Å²) in [5.74, 6) is 5.01. The maximum absolute atomic E-state index is 11.8. The number of hydrogen-bond donors (Lipinski definition) is 4. The molecule has 2 aliphatic carbocycles. The predicted octanol–water partition coefficient (Wildman–Crippen LogP) is 1.62. The Balaban J connectivity index is 1.51. The van der Waals surface area contributed by atoms with Gasteiger partial charge in [0.05, 0.1) is 16.9 Å². The van der Waals surface area contributed by atoms with Gasteiger partial charge in [-0.1, -0.05) is 25.7 Å². The molecule has 140 valence electrons. The Morgan fingerprint density at radius 1 is 1.00 bits per heavy atom. The lowest BCUT2D eigenvalue weighted by Crippen LogP contribution is -2.37. The number of aliphatic hydroxyl groups excluding tert-OH is 1. The molecule has 0 aromatic carbocycles. The molecule has 0 radical (unpaired) electrons. The van der Waals surface area contributed by atoms with Crippen LogP contribution in [0.2, 0.25) is 0 Å². The van der Waals surface area contributed by atoms with Gasteiger partial charge in [-0.15, -0.1) is 0 Å². The summed E-state index contributed by atoms with van der Waals surface area (Å²) in [7, 11) is 0. The van der Waals surface area contributed by atoms with Gasteiger partial charge in [0.1, 0.15) is 0 Å². The zero-order valence-electron chi connectivity index (χ0n) is 14.9. The van der Waals surface area contributed by atoms with Crippen molar-refractivity contribution in [3.8, 4) is 6.19 Å². The van der Waals surface area contributed by atoms with E-state index >= 15 is 0 Å². The van der Waals surface area contributed by atoms with E-state index in [1.54, 1.807) is 6.19 Å². The summed E-state index contributed by atoms with van der Waals surface area (Å²) in [4.78, 5) is 23.4. The van der Waals surface area contributed by atoms with Crippen molar-refractivity contribution in [3.05, 3.63) is 0 Å². The number of amides is 2. The maximum atomic E-state index is 11.8. The normalized spacial score (nSPS) is 20.2. The van der Waals surface area contributed by atoms with Crippen LogP contribution in [-0.2, 0) is 9.59 Å². The zero-order valence-corrected chi connectivity index (χ0v) is 14.9. The predicted molar refractivity (Wildman–Crippen MR) is 92.4 cm³/mol. The maximum Gasteiger partial charge on any atom is 0.240 e. The highest BCUT2D eigenvalue weighted by Crippen LogP contribution is 2.50. The number of carbonyl (C=O) groups excluding carboxylic acids is 2. The summed E-state index contributed by atoms with van der Waals surface area (Å²) >= 11 is 0. The highest BCUT2D eigenvalue weighted by atomic mass is 16.3. The molecule has 2 saturated carbocycles. The van der Waals surface area contributed by atoms with Crippen LogP contribution in [0, 0.1) is 22.3 Å². The SMILES string of the molecule is N#CNC(=O)C1(CCCCC(O)CCCCC2(C(=O)NN)CC2)CC1. The Kier molecular flexibility index (Phi) is 6.79. The molecule has 2 fully saturated rings. The van der Waals surface area contributed by atoms with Crippen LogP contribution in [0.15, 0.2) is 0 Å². The van der Waals surface area contributed by atoms with E-state index in [1.165, 1.54) is 0 Å². The smallest absolute Gasteiger partial charge is 0.240 e. The monoisotopic (exact) mass is 350 g/mol. The van der Waals surface area contributed by atoms with Crippen LogP contribution in [-0.4, -0.2) is 23.0 Å². The molecule has 2 aliphatic rings. The van der Waals surface area contributed by atoms with Gasteiger partial charge < -0.3 is 5.11 Å². The molecule has 2 rings (SSSR count). The van der Waals surface area contributed by atoms with E-state index in [0.717, 1.165) is 77.0 Å². The Morgan fingerprint density at radius 2 is 1.48 bits per heavy atom. The molecule has 0 aromatic heterocycles. The van der Waals surface area contributed by atoms with Gasteiger partial charge in [-0.2, -0.15) is 5.26 Å². The molecule has 0 aliphatic heterocycles. The number of nitrogens with two attached hydrogens (primary N) is 1. The average molecular weight is 350 g/mol. The highest BCUT2D eigenvalue weighted by molar-refractivity contribution is 5.86. The molecule has 0 heterocycles. The molecule has 0 aromatic rings. The number of unbranched alkanes of at least 4 members (excludes halogenated alkanes) is 2. The second kappa shape index (κ2) is 8.63. The lowest BCUT2D eigenvalue weighted by molar-refractivity contribution is -0.127. The van der Waals surface area contributed by atoms with Crippen LogP contribution in [0.4, 0.5) is 0 Å². The number of hydrazine groups is 1. The fourth-order valence-electron chi connectivity index (χ4n) is 3.65. The molecule has 25 heavy (non-hydrogen) atoms. The molecule has 0 spiro atoms. The Hall–Kier alpha value is -1.65. The number of hydrogen-bond acceptors (Lipinski definition) is 5. The number of carbonyl (C=O) groups is 2. The lowest BCUT2D eigenvalue weighted by Gasteiger charge is -2.15. The van der Waals surface area contributed by atoms with Crippen LogP contribution in [0.3, 0.4) is 0 Å². The lowest BCUT2D eigenvalue weighted by atomic mass is 9.94. The molecule has 7 nitrogen and oxygen atoms in total. The van der Waals surface area contributed by atoms with Crippen LogP contribution in [0.5, 0.6) is 0 Å². The Morgan fingerprint density at radius 3 is 1.88 bits per heavy atom. The molecule has 1 unspecified atom stereocenters. The first-order chi connectivity index (χ1) is 12.0. The summed E-state index contributed by atoms with van der Waals surface area (Å²) in [5, 5.41) is 20.8. The van der Waals surface area contributed by atoms with E-state index in [9.17, 15) is 14.7 Å². The largest absolute Gasteiger partial charge is 0.393 e. The number of aliphatic hydroxyl groups is 1. The van der Waals surface area contributed by atoms with Crippen molar-refractivity contribution < 1.29 is 14.7 Å². The minimum absolute atomic E-state index is 0.0533. The van der Waals surface area contributed by atoms with Crippen molar-refractivity contribution in [2.75, 3.05) is 0 Å². The summed E-state index contributed by atoms with van der Waals surface area (Å²) < 4.78 is 0. The van der Waals surface area contributed by atoms with Gasteiger partial charge in [0.2, 0.25) is 11.8 Å². The molecule has 0 saturated heterocycles. The number of nitrogens with one attached hydrogen (secondary N) is 2. The van der Waals surface area contributed by atoms with Gasteiger partial charge in [-0.05, 0) is 51.4 Å². The fraction of sp³-hybridized carbons (Fsp3) is 0.833. The van der Waals surface area contributed by atoms with Crippen molar-refractivity contribution in [2.45, 2.75) is 83.2 Å². The average Bonchev–Trinajstić information content (AvgIpc) is 3.51. The number of nitriles is 1. The minimum Gasteiger partial charge on any atom is -0.393 e. The van der Waals surface area contributed by atoms with Crippen LogP contribution >= 0.6 is 0 Å². The fourth-order valence-corrected chi connectivity index (χ4v) is 3.65. The van der Waals surface area contributed by atoms with Gasteiger partial charge >= 0.3 is 0 Å². The number of rotatable bonds is 12. The second-order valence-electron chi connectivity index (χ2n) is 7.75. The summed E-state index contributed by atoms with van der Waals surface area (Å²) in [6.07, 6.45) is 11.7. The standard InChI is InChI=1S/C18H30N4O3/c19-13-21-15(24)17(9-10-17)7-3-1-5-14(23)6-2-4-8-18(11-12-18)16(25)22-20/h14,23H,1-12,20H2,(H,21,24)(H,22,25). The highest BCUT2D eigenvalue weighted by Gasteiger charge is 2.49. The van der Waals surface area contributed by atoms with Crippen molar-refractivity contribution in [1.82, 2.24) is 10.7 Å². The third-order valence-electron chi connectivity index (χ3n) is 5.86.